The highest BCUT2D eigenvalue weighted by Gasteiger charge is 2.11. The molecule has 2 aromatic heterocycles. The van der Waals surface area contributed by atoms with Gasteiger partial charge in [-0.1, -0.05) is 0 Å². The minimum absolute atomic E-state index is 0.207. The molecule has 0 fully saturated rings. The Kier molecular flexibility index (Phi) is 4.54. The summed E-state index contributed by atoms with van der Waals surface area (Å²) in [5.41, 5.74) is 1.14. The van der Waals surface area contributed by atoms with Gasteiger partial charge in [0.25, 0.3) is 11.6 Å². The van der Waals surface area contributed by atoms with Crippen molar-refractivity contribution in [3.63, 3.8) is 0 Å². The number of aryl methyl sites for hydroxylation is 1. The number of carbonyl (C=O) groups is 1. The highest BCUT2D eigenvalue weighted by Crippen LogP contribution is 2.20. The zero-order valence-corrected chi connectivity index (χ0v) is 12.4. The number of methoxy groups -OCH3 is 1. The first-order valence-corrected chi connectivity index (χ1v) is 6.99. The third-order valence-electron chi connectivity index (χ3n) is 2.77. The molecule has 0 atom stereocenters. The van der Waals surface area contributed by atoms with Crippen molar-refractivity contribution in [2.75, 3.05) is 7.11 Å². The van der Waals surface area contributed by atoms with Crippen LogP contribution >= 0.6 is 11.3 Å². The fraction of sp³-hybridized carbons (Fsp3) is 0.214. The van der Waals surface area contributed by atoms with E-state index in [0.29, 0.717) is 5.69 Å². The molecule has 2 heterocycles. The molecule has 0 saturated carbocycles. The van der Waals surface area contributed by atoms with Crippen molar-refractivity contribution in [1.29, 1.82) is 0 Å². The number of ether oxygens (including phenoxy) is 1. The highest BCUT2D eigenvalue weighted by atomic mass is 32.1. The van der Waals surface area contributed by atoms with Crippen LogP contribution in [0.3, 0.4) is 0 Å². The topological polar surface area (TPSA) is 81.4 Å². The van der Waals surface area contributed by atoms with Crippen molar-refractivity contribution < 1.29 is 14.6 Å². The lowest BCUT2D eigenvalue weighted by Crippen LogP contribution is -2.23. The molecule has 1 N–H and O–H groups in total. The second-order valence-electron chi connectivity index (χ2n) is 4.28. The molecular formula is C14H14N2O4S. The number of hydrogen-bond acceptors (Lipinski definition) is 5. The lowest BCUT2D eigenvalue weighted by molar-refractivity contribution is -0.131. The average Bonchev–Trinajstić information content (AvgIpc) is 2.86. The standard InChI is InChI=1S/C14H14N2O4S/c1-9-7-12(17)16(14(15-9)20-2)8-11-10(5-6-21-11)3-4-13(18)19/h3-7H,8H2,1-2H3,(H,18,19). The van der Waals surface area contributed by atoms with E-state index in [1.807, 2.05) is 5.38 Å². The smallest absolute Gasteiger partial charge is 0.328 e. The van der Waals surface area contributed by atoms with Crippen LogP contribution < -0.4 is 10.3 Å². The molecule has 0 aliphatic carbocycles. The summed E-state index contributed by atoms with van der Waals surface area (Å²) in [5, 5.41) is 10.5. The molecule has 21 heavy (non-hydrogen) atoms. The normalized spacial score (nSPS) is 11.0. The van der Waals surface area contributed by atoms with Crippen molar-refractivity contribution in [2.24, 2.45) is 0 Å². The van der Waals surface area contributed by atoms with Crippen LogP contribution in [0.15, 0.2) is 28.4 Å². The number of carboxylic acids is 1. The first-order chi connectivity index (χ1) is 10.0. The van der Waals surface area contributed by atoms with E-state index in [9.17, 15) is 9.59 Å². The number of rotatable bonds is 5. The second-order valence-corrected chi connectivity index (χ2v) is 5.28. The molecule has 2 aromatic rings. The first kappa shape index (κ1) is 15.0. The van der Waals surface area contributed by atoms with Gasteiger partial charge in [-0.05, 0) is 30.0 Å². The van der Waals surface area contributed by atoms with Gasteiger partial charge in [-0.25, -0.2) is 9.78 Å². The van der Waals surface area contributed by atoms with Gasteiger partial charge >= 0.3 is 5.97 Å². The molecule has 0 bridgehead atoms. The van der Waals surface area contributed by atoms with Crippen LogP contribution in [0.2, 0.25) is 0 Å². The monoisotopic (exact) mass is 306 g/mol. The lowest BCUT2D eigenvalue weighted by atomic mass is 10.2. The van der Waals surface area contributed by atoms with Gasteiger partial charge < -0.3 is 9.84 Å². The van der Waals surface area contributed by atoms with E-state index in [0.717, 1.165) is 16.5 Å². The lowest BCUT2D eigenvalue weighted by Gasteiger charge is -2.10. The zero-order chi connectivity index (χ0) is 15.4. The van der Waals surface area contributed by atoms with E-state index >= 15 is 0 Å². The third kappa shape index (κ3) is 3.57. The zero-order valence-electron chi connectivity index (χ0n) is 11.6. The molecular weight excluding hydrogens is 292 g/mol. The number of aromatic nitrogens is 2. The summed E-state index contributed by atoms with van der Waals surface area (Å²) in [6.45, 7) is 2.01. The molecule has 0 spiro atoms. The molecule has 2 rings (SSSR count). The van der Waals surface area contributed by atoms with Gasteiger partial charge in [0.2, 0.25) is 0 Å². The molecule has 0 saturated heterocycles. The molecule has 0 unspecified atom stereocenters. The number of carboxylic acid groups (broad SMARTS) is 1. The van der Waals surface area contributed by atoms with E-state index in [1.165, 1.54) is 35.2 Å². The Bertz CT molecular complexity index is 746. The molecule has 110 valence electrons. The van der Waals surface area contributed by atoms with E-state index in [2.05, 4.69) is 4.98 Å². The Morgan fingerprint density at radius 2 is 2.33 bits per heavy atom. The second kappa shape index (κ2) is 6.36. The van der Waals surface area contributed by atoms with Gasteiger partial charge in [-0.15, -0.1) is 11.3 Å². The minimum atomic E-state index is -1.01. The fourth-order valence-electron chi connectivity index (χ4n) is 1.83. The van der Waals surface area contributed by atoms with Crippen LogP contribution in [0.25, 0.3) is 6.08 Å². The van der Waals surface area contributed by atoms with Gasteiger partial charge in [0, 0.05) is 22.7 Å². The van der Waals surface area contributed by atoms with Gasteiger partial charge in [0.1, 0.15) is 0 Å². The van der Waals surface area contributed by atoms with Gasteiger partial charge in [0.05, 0.1) is 13.7 Å². The van der Waals surface area contributed by atoms with Crippen LogP contribution in [0, 0.1) is 6.92 Å². The van der Waals surface area contributed by atoms with E-state index in [-0.39, 0.29) is 18.1 Å². The van der Waals surface area contributed by atoms with Crippen molar-refractivity contribution in [1.82, 2.24) is 9.55 Å². The maximum Gasteiger partial charge on any atom is 0.328 e. The summed E-state index contributed by atoms with van der Waals surface area (Å²) in [6, 6.07) is 3.48. The largest absolute Gasteiger partial charge is 0.478 e. The summed E-state index contributed by atoms with van der Waals surface area (Å²) < 4.78 is 6.55. The minimum Gasteiger partial charge on any atom is -0.478 e. The summed E-state index contributed by atoms with van der Waals surface area (Å²) in [7, 11) is 1.46. The molecule has 0 aromatic carbocycles. The molecule has 7 heteroatoms. The SMILES string of the molecule is COc1nc(C)cc(=O)n1Cc1sccc1C=CC(=O)O. The van der Waals surface area contributed by atoms with Crippen LogP contribution in [0.1, 0.15) is 16.1 Å². The maximum atomic E-state index is 12.1. The van der Waals surface area contributed by atoms with Crippen LogP contribution in [-0.2, 0) is 11.3 Å². The van der Waals surface area contributed by atoms with Gasteiger partial charge in [0.15, 0.2) is 0 Å². The maximum absolute atomic E-state index is 12.1. The van der Waals surface area contributed by atoms with Gasteiger partial charge in [-0.3, -0.25) is 9.36 Å². The quantitative estimate of drug-likeness (QED) is 0.851. The average molecular weight is 306 g/mol. The first-order valence-electron chi connectivity index (χ1n) is 6.11. The summed E-state index contributed by atoms with van der Waals surface area (Å²) in [6.07, 6.45) is 2.58. The van der Waals surface area contributed by atoms with E-state index in [4.69, 9.17) is 9.84 Å². The Morgan fingerprint density at radius 3 is 3.00 bits per heavy atom. The number of thiophene rings is 1. The van der Waals surface area contributed by atoms with Crippen molar-refractivity contribution in [2.45, 2.75) is 13.5 Å². The number of aliphatic carboxylic acids is 1. The molecule has 0 amide bonds. The predicted molar refractivity (Wildman–Crippen MR) is 79.9 cm³/mol. The highest BCUT2D eigenvalue weighted by molar-refractivity contribution is 7.10. The molecule has 6 nitrogen and oxygen atoms in total. The number of nitrogens with zero attached hydrogens (tertiary/aromatic N) is 2. The third-order valence-corrected chi connectivity index (χ3v) is 3.69. The fourth-order valence-corrected chi connectivity index (χ4v) is 2.68. The summed E-state index contributed by atoms with van der Waals surface area (Å²) in [4.78, 5) is 27.7. The number of hydrogen-bond donors (Lipinski definition) is 1. The Hall–Kier alpha value is -2.41. The Balaban J connectivity index is 2.38. The van der Waals surface area contributed by atoms with Crippen LogP contribution in [0.4, 0.5) is 0 Å². The summed E-state index contributed by atoms with van der Waals surface area (Å²) in [5.74, 6) is -1.01. The van der Waals surface area contributed by atoms with Crippen molar-refractivity contribution in [3.05, 3.63) is 50.1 Å². The molecule has 0 radical (unpaired) electrons. The summed E-state index contributed by atoms with van der Waals surface area (Å²) >= 11 is 1.44. The van der Waals surface area contributed by atoms with Crippen molar-refractivity contribution in [3.8, 4) is 6.01 Å². The van der Waals surface area contributed by atoms with E-state index in [1.54, 1.807) is 13.0 Å². The van der Waals surface area contributed by atoms with Crippen LogP contribution in [-0.4, -0.2) is 27.7 Å². The van der Waals surface area contributed by atoms with Crippen molar-refractivity contribution >= 4 is 23.4 Å². The van der Waals surface area contributed by atoms with E-state index < -0.39 is 5.97 Å². The molecule has 0 aliphatic heterocycles. The van der Waals surface area contributed by atoms with Gasteiger partial charge in [-0.2, -0.15) is 0 Å². The molecule has 0 aliphatic rings. The predicted octanol–water partition coefficient (Wildman–Crippen LogP) is 1.77. The Labute approximate surface area is 125 Å². The Morgan fingerprint density at radius 1 is 1.57 bits per heavy atom. The van der Waals surface area contributed by atoms with Crippen LogP contribution in [0.5, 0.6) is 6.01 Å².